The number of anilines is 3. The van der Waals surface area contributed by atoms with Gasteiger partial charge in [-0.2, -0.15) is 0 Å². The Morgan fingerprint density at radius 3 is 2.19 bits per heavy atom. The highest BCUT2D eigenvalue weighted by Gasteiger charge is 2.39. The number of hydrogen-bond acceptors (Lipinski definition) is 6. The largest absolute Gasteiger partial charge is 0.459 e. The zero-order valence-corrected chi connectivity index (χ0v) is 20.2. The summed E-state index contributed by atoms with van der Waals surface area (Å²) >= 11 is 6.21. The number of rotatable bonds is 7. The lowest BCUT2D eigenvalue weighted by Crippen LogP contribution is -2.32. The quantitative estimate of drug-likeness (QED) is 0.349. The second-order valence-electron chi connectivity index (χ2n) is 8.16. The molecule has 1 aliphatic heterocycles. The number of para-hydroxylation sites is 1. The molecule has 0 unspecified atom stereocenters. The Bertz CT molecular complexity index is 1370. The molecule has 3 amide bonds. The Hall–Kier alpha value is -4.43. The summed E-state index contributed by atoms with van der Waals surface area (Å²) in [5.74, 6) is -2.26. The summed E-state index contributed by atoms with van der Waals surface area (Å²) in [6, 6.07) is 21.4. The molecule has 0 saturated carbocycles. The monoisotopic (exact) mass is 503 g/mol. The summed E-state index contributed by atoms with van der Waals surface area (Å²) in [6.45, 7) is 3.44. The third-order valence-corrected chi connectivity index (χ3v) is 5.51. The van der Waals surface area contributed by atoms with Gasteiger partial charge in [-0.15, -0.1) is 0 Å². The van der Waals surface area contributed by atoms with Gasteiger partial charge in [0.1, 0.15) is 10.7 Å². The lowest BCUT2D eigenvalue weighted by atomic mass is 10.1. The molecule has 0 bridgehead atoms. The first-order valence-corrected chi connectivity index (χ1v) is 11.5. The fourth-order valence-electron chi connectivity index (χ4n) is 3.47. The van der Waals surface area contributed by atoms with Crippen LogP contribution in [0.1, 0.15) is 34.6 Å². The highest BCUT2D eigenvalue weighted by molar-refractivity contribution is 6.53. The third-order valence-electron chi connectivity index (χ3n) is 5.16. The fraction of sp³-hybridized carbons (Fsp3) is 0.111. The minimum absolute atomic E-state index is 0.113. The highest BCUT2D eigenvalue weighted by Crippen LogP contribution is 2.31. The van der Waals surface area contributed by atoms with E-state index < -0.39 is 17.8 Å². The van der Waals surface area contributed by atoms with E-state index in [2.05, 4.69) is 10.6 Å². The number of esters is 1. The molecule has 0 radical (unpaired) electrons. The molecule has 8 nitrogen and oxygen atoms in total. The Kier molecular flexibility index (Phi) is 7.17. The van der Waals surface area contributed by atoms with E-state index in [9.17, 15) is 19.2 Å². The number of imide groups is 1. The number of hydrogen-bond donors (Lipinski definition) is 2. The topological polar surface area (TPSA) is 105 Å². The van der Waals surface area contributed by atoms with E-state index in [4.69, 9.17) is 16.3 Å². The van der Waals surface area contributed by atoms with E-state index in [1.165, 1.54) is 18.2 Å². The molecule has 0 aliphatic carbocycles. The van der Waals surface area contributed by atoms with E-state index in [1.54, 1.807) is 56.3 Å². The number of halogens is 1. The van der Waals surface area contributed by atoms with Gasteiger partial charge in [0.15, 0.2) is 0 Å². The lowest BCUT2D eigenvalue weighted by Gasteiger charge is -2.16. The summed E-state index contributed by atoms with van der Waals surface area (Å²) in [6.07, 6.45) is -0.320. The predicted molar refractivity (Wildman–Crippen MR) is 137 cm³/mol. The van der Waals surface area contributed by atoms with Crippen LogP contribution in [0.25, 0.3) is 0 Å². The number of ether oxygens (including phenoxy) is 1. The Morgan fingerprint density at radius 2 is 1.53 bits per heavy atom. The molecule has 0 spiro atoms. The van der Waals surface area contributed by atoms with Crippen LogP contribution in [0.3, 0.4) is 0 Å². The Morgan fingerprint density at radius 1 is 0.833 bits per heavy atom. The van der Waals surface area contributed by atoms with E-state index in [0.717, 1.165) is 4.90 Å². The molecule has 2 N–H and O–H groups in total. The number of carbonyl (C=O) groups is 4. The van der Waals surface area contributed by atoms with Gasteiger partial charge >= 0.3 is 5.97 Å². The van der Waals surface area contributed by atoms with Gasteiger partial charge in [-0.1, -0.05) is 35.9 Å². The summed E-state index contributed by atoms with van der Waals surface area (Å²) in [5, 5.41) is 5.36. The first kappa shape index (κ1) is 24.7. The van der Waals surface area contributed by atoms with Crippen LogP contribution in [0.15, 0.2) is 89.6 Å². The molecule has 9 heteroatoms. The zero-order chi connectivity index (χ0) is 25.8. The van der Waals surface area contributed by atoms with Crippen LogP contribution in [-0.2, 0) is 14.3 Å². The second kappa shape index (κ2) is 10.5. The first-order valence-electron chi connectivity index (χ1n) is 11.1. The third kappa shape index (κ3) is 5.29. The van der Waals surface area contributed by atoms with Crippen molar-refractivity contribution in [3.8, 4) is 0 Å². The molecule has 0 fully saturated rings. The maximum absolute atomic E-state index is 13.1. The van der Waals surface area contributed by atoms with E-state index in [-0.39, 0.29) is 34.0 Å². The maximum atomic E-state index is 13.1. The van der Waals surface area contributed by atoms with Crippen molar-refractivity contribution in [3.05, 3.63) is 101 Å². The van der Waals surface area contributed by atoms with Gasteiger partial charge in [-0.3, -0.25) is 14.4 Å². The van der Waals surface area contributed by atoms with Crippen LogP contribution in [0, 0.1) is 0 Å². The molecule has 36 heavy (non-hydrogen) atoms. The maximum Gasteiger partial charge on any atom is 0.338 e. The minimum atomic E-state index is -0.725. The molecule has 0 saturated heterocycles. The van der Waals surface area contributed by atoms with Crippen LogP contribution in [0.2, 0.25) is 0 Å². The van der Waals surface area contributed by atoms with Crippen molar-refractivity contribution in [2.75, 3.05) is 15.5 Å². The molecule has 0 atom stereocenters. The van der Waals surface area contributed by atoms with Gasteiger partial charge in [-0.25, -0.2) is 9.69 Å². The van der Waals surface area contributed by atoms with Gasteiger partial charge in [0, 0.05) is 16.9 Å². The first-order chi connectivity index (χ1) is 17.2. The lowest BCUT2D eigenvalue weighted by molar-refractivity contribution is -0.120. The summed E-state index contributed by atoms with van der Waals surface area (Å²) < 4.78 is 5.18. The molecule has 3 aromatic rings. The van der Waals surface area contributed by atoms with Gasteiger partial charge < -0.3 is 15.4 Å². The van der Waals surface area contributed by atoms with E-state index in [1.807, 2.05) is 18.2 Å². The van der Waals surface area contributed by atoms with Gasteiger partial charge in [0.2, 0.25) is 0 Å². The highest BCUT2D eigenvalue weighted by atomic mass is 35.5. The minimum Gasteiger partial charge on any atom is -0.459 e. The van der Waals surface area contributed by atoms with Crippen LogP contribution >= 0.6 is 11.6 Å². The van der Waals surface area contributed by atoms with Crippen molar-refractivity contribution in [1.82, 2.24) is 0 Å². The Labute approximate surface area is 212 Å². The van der Waals surface area contributed by atoms with Crippen LogP contribution in [0.4, 0.5) is 17.1 Å². The standard InChI is InChI=1S/C27H22ClN3O5/c1-16(2)36-27(35)18-7-6-10-21(15-18)31-25(33)22(28)23(26(31)34)29-20-13-11-17(12-14-20)24(32)30-19-8-4-3-5-9-19/h3-16,29H,1-2H3,(H,30,32). The van der Waals surface area contributed by atoms with Crippen LogP contribution in [0.5, 0.6) is 0 Å². The summed E-state index contributed by atoms with van der Waals surface area (Å²) in [7, 11) is 0. The summed E-state index contributed by atoms with van der Waals surface area (Å²) in [5.41, 5.74) is 1.80. The van der Waals surface area contributed by atoms with E-state index in [0.29, 0.717) is 16.9 Å². The van der Waals surface area contributed by atoms with Crippen LogP contribution < -0.4 is 15.5 Å². The molecular weight excluding hydrogens is 482 g/mol. The number of carbonyl (C=O) groups excluding carboxylic acids is 4. The molecule has 182 valence electrons. The molecular formula is C27H22ClN3O5. The summed E-state index contributed by atoms with van der Waals surface area (Å²) in [4.78, 5) is 51.5. The van der Waals surface area contributed by atoms with Crippen molar-refractivity contribution in [2.45, 2.75) is 20.0 Å². The van der Waals surface area contributed by atoms with E-state index >= 15 is 0 Å². The van der Waals surface area contributed by atoms with Gasteiger partial charge in [-0.05, 0) is 68.4 Å². The molecule has 1 heterocycles. The molecule has 4 rings (SSSR count). The Balaban J connectivity index is 1.48. The number of nitrogens with zero attached hydrogens (tertiary/aromatic N) is 1. The van der Waals surface area contributed by atoms with Crippen molar-refractivity contribution in [1.29, 1.82) is 0 Å². The van der Waals surface area contributed by atoms with Crippen molar-refractivity contribution in [2.24, 2.45) is 0 Å². The second-order valence-corrected chi connectivity index (χ2v) is 8.54. The molecule has 3 aromatic carbocycles. The molecule has 0 aromatic heterocycles. The van der Waals surface area contributed by atoms with Gasteiger partial charge in [0.25, 0.3) is 17.7 Å². The molecule has 1 aliphatic rings. The smallest absolute Gasteiger partial charge is 0.338 e. The van der Waals surface area contributed by atoms with Gasteiger partial charge in [0.05, 0.1) is 17.4 Å². The number of benzene rings is 3. The number of amides is 3. The average molecular weight is 504 g/mol. The van der Waals surface area contributed by atoms with Crippen molar-refractivity contribution in [3.63, 3.8) is 0 Å². The number of nitrogens with one attached hydrogen (secondary N) is 2. The average Bonchev–Trinajstić information content (AvgIpc) is 3.07. The normalized spacial score (nSPS) is 13.3. The predicted octanol–water partition coefficient (Wildman–Crippen LogP) is 4.94. The van der Waals surface area contributed by atoms with Crippen LogP contribution in [-0.4, -0.2) is 29.8 Å². The van der Waals surface area contributed by atoms with Crippen molar-refractivity contribution >= 4 is 52.4 Å². The SMILES string of the molecule is CC(C)OC(=O)c1cccc(N2C(=O)C(Cl)=C(Nc3ccc(C(=O)Nc4ccccc4)cc3)C2=O)c1. The fourth-order valence-corrected chi connectivity index (χ4v) is 3.69. The van der Waals surface area contributed by atoms with Crippen molar-refractivity contribution < 1.29 is 23.9 Å². The zero-order valence-electron chi connectivity index (χ0n) is 19.4.